The van der Waals surface area contributed by atoms with Crippen LogP contribution < -0.4 is 25.2 Å². The average molecular weight is 793 g/mol. The number of benzene rings is 6. The maximum absolute atomic E-state index is 16.5. The van der Waals surface area contributed by atoms with Crippen LogP contribution >= 0.6 is 0 Å². The summed E-state index contributed by atoms with van der Waals surface area (Å²) >= 11 is 0. The minimum atomic E-state index is -0.926. The third kappa shape index (κ3) is 7.07. The zero-order valence-corrected chi connectivity index (χ0v) is 32.3. The average Bonchev–Trinajstić information content (AvgIpc) is 3.83. The Labute approximate surface area is 337 Å². The van der Waals surface area contributed by atoms with Gasteiger partial charge in [0.15, 0.2) is 23.1 Å². The molecule has 0 bridgehead atoms. The molecule has 0 saturated heterocycles. The smallest absolute Gasteiger partial charge is 0.329 e. The lowest BCUT2D eigenvalue weighted by molar-refractivity contribution is -0.116. The minimum absolute atomic E-state index is 0.0885. The maximum Gasteiger partial charge on any atom is 0.329 e. The van der Waals surface area contributed by atoms with E-state index in [1.807, 2.05) is 95.6 Å². The number of methoxy groups -OCH3 is 2. The number of halogens is 2. The molecule has 8 rings (SSSR count). The molecular formula is C46H38F2N6O5. The van der Waals surface area contributed by atoms with Crippen LogP contribution in [0.1, 0.15) is 22.5 Å². The summed E-state index contributed by atoms with van der Waals surface area (Å²) < 4.78 is 52.1. The highest BCUT2D eigenvalue weighted by molar-refractivity contribution is 5.96. The largest absolute Gasteiger partial charge is 0.497 e. The van der Waals surface area contributed by atoms with Crippen LogP contribution in [0.25, 0.3) is 22.2 Å². The molecular weight excluding hydrogens is 755 g/mol. The number of aromatic nitrogens is 5. The summed E-state index contributed by atoms with van der Waals surface area (Å²) in [6, 6.07) is 41.6. The van der Waals surface area contributed by atoms with Crippen LogP contribution in [0.4, 0.5) is 14.5 Å². The number of amides is 1. The van der Waals surface area contributed by atoms with E-state index in [4.69, 9.17) is 14.2 Å². The second-order valence-corrected chi connectivity index (χ2v) is 13.7. The van der Waals surface area contributed by atoms with Crippen LogP contribution in [0.5, 0.6) is 17.2 Å². The Morgan fingerprint density at radius 1 is 0.780 bits per heavy atom. The lowest BCUT2D eigenvalue weighted by Crippen LogP contribution is -2.38. The second kappa shape index (κ2) is 16.1. The predicted molar refractivity (Wildman–Crippen MR) is 220 cm³/mol. The number of nitrogens with zero attached hydrogens (tertiary/aromatic N) is 5. The molecule has 0 radical (unpaired) electrons. The van der Waals surface area contributed by atoms with Gasteiger partial charge in [-0.3, -0.25) is 18.5 Å². The number of rotatable bonds is 13. The lowest BCUT2D eigenvalue weighted by atomic mass is 9.76. The molecule has 296 valence electrons. The first-order chi connectivity index (χ1) is 28.7. The highest BCUT2D eigenvalue weighted by atomic mass is 19.1. The Bertz CT molecular complexity index is 2730. The van der Waals surface area contributed by atoms with Crippen LogP contribution in [0.2, 0.25) is 0 Å². The van der Waals surface area contributed by atoms with E-state index in [0.717, 1.165) is 16.7 Å². The number of carbonyl (C=O) groups excluding carboxylic acids is 1. The van der Waals surface area contributed by atoms with E-state index in [-0.39, 0.29) is 24.7 Å². The van der Waals surface area contributed by atoms with E-state index >= 15 is 4.39 Å². The van der Waals surface area contributed by atoms with Gasteiger partial charge in [-0.1, -0.05) is 91.0 Å². The summed E-state index contributed by atoms with van der Waals surface area (Å²) in [5.41, 5.74) is 3.41. The Morgan fingerprint density at radius 2 is 1.39 bits per heavy atom. The van der Waals surface area contributed by atoms with Crippen LogP contribution in [-0.2, 0) is 30.5 Å². The molecule has 0 atom stereocenters. The fourth-order valence-corrected chi connectivity index (χ4v) is 7.64. The number of carbonyl (C=O) groups is 1. The van der Waals surface area contributed by atoms with Crippen molar-refractivity contribution in [2.45, 2.75) is 18.7 Å². The molecule has 11 nitrogen and oxygen atoms in total. The summed E-state index contributed by atoms with van der Waals surface area (Å²) in [6.45, 7) is -0.531. The second-order valence-electron chi connectivity index (χ2n) is 13.7. The van der Waals surface area contributed by atoms with E-state index in [1.165, 1.54) is 53.7 Å². The first kappa shape index (κ1) is 38.3. The number of imidazole rings is 1. The molecule has 0 saturated carbocycles. The molecule has 0 aliphatic heterocycles. The Kier molecular flexibility index (Phi) is 10.5. The number of fused-ring (bicyclic) bond motifs is 1. The van der Waals surface area contributed by atoms with Gasteiger partial charge < -0.3 is 19.5 Å². The van der Waals surface area contributed by atoms with E-state index in [9.17, 15) is 14.0 Å². The fraction of sp³-hybridized carbons (Fsp3) is 0.130. The third-order valence-corrected chi connectivity index (χ3v) is 10.3. The Balaban J connectivity index is 1.16. The maximum atomic E-state index is 16.5. The van der Waals surface area contributed by atoms with Gasteiger partial charge in [0.1, 0.15) is 36.6 Å². The first-order valence-electron chi connectivity index (χ1n) is 18.6. The Hall–Kier alpha value is -7.54. The molecule has 1 N–H and O–H groups in total. The van der Waals surface area contributed by atoms with Gasteiger partial charge >= 0.3 is 5.69 Å². The normalized spacial score (nSPS) is 11.4. The van der Waals surface area contributed by atoms with Crippen LogP contribution in [-0.4, -0.2) is 44.0 Å². The predicted octanol–water partition coefficient (Wildman–Crippen LogP) is 7.95. The van der Waals surface area contributed by atoms with Gasteiger partial charge in [-0.15, -0.1) is 10.2 Å². The van der Waals surface area contributed by atoms with Gasteiger partial charge in [-0.2, -0.15) is 0 Å². The molecule has 8 aromatic rings. The minimum Gasteiger partial charge on any atom is -0.497 e. The van der Waals surface area contributed by atoms with Gasteiger partial charge in [-0.05, 0) is 64.7 Å². The quantitative estimate of drug-likeness (QED) is 0.118. The van der Waals surface area contributed by atoms with E-state index in [1.54, 1.807) is 31.6 Å². The number of nitrogens with one attached hydrogen (secondary N) is 1. The third-order valence-electron chi connectivity index (χ3n) is 10.3. The topological polar surface area (TPSA) is 114 Å². The van der Waals surface area contributed by atoms with Crippen molar-refractivity contribution in [2.24, 2.45) is 7.05 Å². The highest BCUT2D eigenvalue weighted by Gasteiger charge is 2.40. The number of hydrogen-bond acceptors (Lipinski definition) is 7. The van der Waals surface area contributed by atoms with Crippen LogP contribution in [0.3, 0.4) is 0 Å². The van der Waals surface area contributed by atoms with Crippen molar-refractivity contribution in [3.8, 4) is 28.4 Å². The summed E-state index contributed by atoms with van der Waals surface area (Å²) in [5.74, 6) is -0.967. The molecule has 0 aliphatic carbocycles. The number of hydrogen-bond donors (Lipinski definition) is 1. The van der Waals surface area contributed by atoms with E-state index in [2.05, 4.69) is 15.5 Å². The van der Waals surface area contributed by atoms with Crippen molar-refractivity contribution in [2.75, 3.05) is 19.5 Å². The van der Waals surface area contributed by atoms with Crippen molar-refractivity contribution >= 4 is 22.6 Å². The van der Waals surface area contributed by atoms with Gasteiger partial charge in [0, 0.05) is 24.4 Å². The summed E-state index contributed by atoms with van der Waals surface area (Å²) in [4.78, 5) is 26.7. The van der Waals surface area contributed by atoms with Crippen LogP contribution in [0.15, 0.2) is 151 Å². The number of anilines is 1. The summed E-state index contributed by atoms with van der Waals surface area (Å²) in [7, 11) is 4.44. The summed E-state index contributed by atoms with van der Waals surface area (Å²) in [6.07, 6.45) is 1.65. The van der Waals surface area contributed by atoms with Crippen molar-refractivity contribution in [3.63, 3.8) is 0 Å². The Morgan fingerprint density at radius 3 is 1.97 bits per heavy atom. The zero-order chi connectivity index (χ0) is 41.1. The van der Waals surface area contributed by atoms with Crippen molar-refractivity contribution in [3.05, 3.63) is 190 Å². The van der Waals surface area contributed by atoms with Gasteiger partial charge in [-0.25, -0.2) is 13.6 Å². The number of ether oxygens (including phenoxy) is 3. The SMILES string of the molecule is COc1cc(-c2cc(F)c(OCc3nncn3C(c3ccccc3)(c3ccccc3)c3ccccc3)c(OC)c2)c2c(c1)n(CC(=O)Nc1ccc(F)cc1)c(=O)n2C. The molecule has 59 heavy (non-hydrogen) atoms. The van der Waals surface area contributed by atoms with Crippen molar-refractivity contribution < 1.29 is 27.8 Å². The zero-order valence-electron chi connectivity index (χ0n) is 32.3. The first-order valence-corrected chi connectivity index (χ1v) is 18.6. The molecule has 6 aromatic carbocycles. The molecule has 2 heterocycles. The number of aryl methyl sites for hydroxylation is 1. The fourth-order valence-electron chi connectivity index (χ4n) is 7.64. The summed E-state index contributed by atoms with van der Waals surface area (Å²) in [5, 5.41) is 11.5. The highest BCUT2D eigenvalue weighted by Crippen LogP contribution is 2.43. The van der Waals surface area contributed by atoms with Gasteiger partial charge in [0.05, 0.1) is 25.3 Å². The van der Waals surface area contributed by atoms with Crippen molar-refractivity contribution in [1.29, 1.82) is 0 Å². The van der Waals surface area contributed by atoms with Crippen LogP contribution in [0, 0.1) is 11.6 Å². The molecule has 0 fully saturated rings. The van der Waals surface area contributed by atoms with Gasteiger partial charge in [0.25, 0.3) is 0 Å². The molecule has 0 spiro atoms. The molecule has 1 amide bonds. The molecule has 13 heteroatoms. The molecule has 2 aromatic heterocycles. The molecule has 0 aliphatic rings. The van der Waals surface area contributed by atoms with E-state index < -0.39 is 28.8 Å². The van der Waals surface area contributed by atoms with Crippen molar-refractivity contribution in [1.82, 2.24) is 23.9 Å². The van der Waals surface area contributed by atoms with Gasteiger partial charge in [0.2, 0.25) is 5.91 Å². The van der Waals surface area contributed by atoms with E-state index in [0.29, 0.717) is 39.4 Å². The molecule has 0 unspecified atom stereocenters. The monoisotopic (exact) mass is 792 g/mol. The lowest BCUT2D eigenvalue weighted by Gasteiger charge is -2.38. The standard InChI is InChI=1S/C46H38F2N6O5/c1-52-43-37(25-36(57-2)26-39(43)53(45(52)56)27-42(55)50-35-21-19-34(47)20-22-35)30-23-38(48)44(40(24-30)58-3)59-28-41-51-49-29-54(41)46(31-13-7-4-8-14-31,32-15-9-5-10-16-32)33-17-11-6-12-18-33/h4-26,29H,27-28H2,1-3H3,(H,50,55).